The molecule has 8 heteroatoms. The molecule has 2 atom stereocenters. The molecule has 6 nitrogen and oxygen atoms in total. The van der Waals surface area contributed by atoms with Gasteiger partial charge in [0.05, 0.1) is 18.1 Å². The minimum absolute atomic E-state index is 0. The van der Waals surface area contributed by atoms with Gasteiger partial charge in [-0.3, -0.25) is 4.99 Å². The zero-order valence-corrected chi connectivity index (χ0v) is 17.2. The second kappa shape index (κ2) is 8.35. The van der Waals surface area contributed by atoms with E-state index >= 15 is 0 Å². The van der Waals surface area contributed by atoms with E-state index in [1.54, 1.807) is 0 Å². The third-order valence-electron chi connectivity index (χ3n) is 5.15. The van der Waals surface area contributed by atoms with E-state index in [0.29, 0.717) is 18.8 Å². The van der Waals surface area contributed by atoms with Crippen molar-refractivity contribution < 1.29 is 13.2 Å². The molecule has 0 aromatic rings. The van der Waals surface area contributed by atoms with Crippen molar-refractivity contribution in [2.75, 3.05) is 50.9 Å². The molecule has 0 bridgehead atoms. The van der Waals surface area contributed by atoms with Gasteiger partial charge in [0, 0.05) is 38.2 Å². The largest absolute Gasteiger partial charge is 0.381 e. The summed E-state index contributed by atoms with van der Waals surface area (Å²) >= 11 is 0. The molecule has 1 N–H and O–H groups in total. The van der Waals surface area contributed by atoms with Crippen LogP contribution in [0.3, 0.4) is 0 Å². The monoisotopic (exact) mass is 469 g/mol. The number of hydrogen-bond acceptors (Lipinski definition) is 4. The molecule has 0 radical (unpaired) electrons. The van der Waals surface area contributed by atoms with Crippen molar-refractivity contribution in [1.29, 1.82) is 0 Å². The molecule has 0 aliphatic carbocycles. The second-order valence-corrected chi connectivity index (χ2v) is 9.31. The maximum Gasteiger partial charge on any atom is 0.194 e. The number of ether oxygens (including phenoxy) is 1. The predicted octanol–water partition coefficient (Wildman–Crippen LogP) is 1.28. The minimum atomic E-state index is -2.83. The van der Waals surface area contributed by atoms with Crippen molar-refractivity contribution in [2.45, 2.75) is 19.3 Å². The van der Waals surface area contributed by atoms with Gasteiger partial charge in [-0.25, -0.2) is 8.42 Å². The Morgan fingerprint density at radius 2 is 2.29 bits per heavy atom. The molecule has 0 aromatic heterocycles. The van der Waals surface area contributed by atoms with Crippen LogP contribution in [0.1, 0.15) is 19.3 Å². The molecule has 0 aromatic carbocycles. The molecule has 138 valence electrons. The molecule has 3 heterocycles. The number of rotatable bonds is 4. The first-order valence-electron chi connectivity index (χ1n) is 8.44. The van der Waals surface area contributed by atoms with E-state index in [0.717, 1.165) is 51.5 Å². The lowest BCUT2D eigenvalue weighted by Gasteiger charge is -2.25. The highest BCUT2D eigenvalue weighted by atomic mass is 127. The average molecular weight is 469 g/mol. The van der Waals surface area contributed by atoms with Gasteiger partial charge < -0.3 is 15.0 Å². The van der Waals surface area contributed by atoms with Crippen LogP contribution in [-0.4, -0.2) is 70.2 Å². The van der Waals surface area contributed by atoms with Crippen LogP contribution in [-0.2, 0) is 14.6 Å². The summed E-state index contributed by atoms with van der Waals surface area (Å²) in [5.41, 5.74) is 0.285. The van der Waals surface area contributed by atoms with Gasteiger partial charge in [-0.15, -0.1) is 30.6 Å². The number of sulfone groups is 1. The number of nitrogens with zero attached hydrogens (tertiary/aromatic N) is 2. The van der Waals surface area contributed by atoms with Crippen LogP contribution in [0.15, 0.2) is 17.6 Å². The first-order chi connectivity index (χ1) is 11.0. The van der Waals surface area contributed by atoms with E-state index in [1.165, 1.54) is 0 Å². The Morgan fingerprint density at radius 1 is 1.46 bits per heavy atom. The number of nitrogens with one attached hydrogen (secondary N) is 1. The summed E-state index contributed by atoms with van der Waals surface area (Å²) in [7, 11) is -2.83. The van der Waals surface area contributed by atoms with Gasteiger partial charge >= 0.3 is 0 Å². The van der Waals surface area contributed by atoms with Crippen LogP contribution in [0.5, 0.6) is 0 Å². The Kier molecular flexibility index (Phi) is 6.95. The lowest BCUT2D eigenvalue weighted by Crippen LogP contribution is -2.42. The smallest absolute Gasteiger partial charge is 0.194 e. The maximum absolute atomic E-state index is 11.6. The summed E-state index contributed by atoms with van der Waals surface area (Å²) in [6.45, 7) is 8.66. The SMILES string of the molecule is C=CCNC(=NCC1CCS(=O)(=O)C1)N1CCC2(CCOC2)C1.I. The van der Waals surface area contributed by atoms with Crippen molar-refractivity contribution >= 4 is 39.8 Å². The maximum atomic E-state index is 11.6. The van der Waals surface area contributed by atoms with Gasteiger partial charge in [-0.05, 0) is 25.2 Å². The molecule has 3 saturated heterocycles. The molecule has 24 heavy (non-hydrogen) atoms. The zero-order valence-electron chi connectivity index (χ0n) is 14.1. The van der Waals surface area contributed by atoms with Crippen molar-refractivity contribution in [3.05, 3.63) is 12.7 Å². The van der Waals surface area contributed by atoms with E-state index in [4.69, 9.17) is 9.73 Å². The number of likely N-dealkylation sites (tertiary alicyclic amines) is 1. The summed E-state index contributed by atoms with van der Waals surface area (Å²) in [4.78, 5) is 7.02. The Hall–Kier alpha value is -0.350. The highest BCUT2D eigenvalue weighted by Gasteiger charge is 2.42. The first-order valence-corrected chi connectivity index (χ1v) is 10.3. The summed E-state index contributed by atoms with van der Waals surface area (Å²) in [6.07, 6.45) is 4.82. The third-order valence-corrected chi connectivity index (χ3v) is 6.99. The first kappa shape index (κ1) is 20.0. The van der Waals surface area contributed by atoms with Crippen LogP contribution in [0.25, 0.3) is 0 Å². The second-order valence-electron chi connectivity index (χ2n) is 7.08. The molecule has 0 amide bonds. The van der Waals surface area contributed by atoms with Gasteiger partial charge in [0.1, 0.15) is 0 Å². The standard InChI is InChI=1S/C16H27N3O3S.HI/c1-2-6-17-15(18-10-14-3-9-23(20,21)11-14)19-7-4-16(12-19)5-8-22-13-16;/h2,14H,1,3-13H2,(H,17,18);1H. The van der Waals surface area contributed by atoms with E-state index in [1.807, 2.05) is 6.08 Å². The zero-order chi connectivity index (χ0) is 16.3. The van der Waals surface area contributed by atoms with Crippen LogP contribution in [0.2, 0.25) is 0 Å². The molecule has 2 unspecified atom stereocenters. The van der Waals surface area contributed by atoms with Gasteiger partial charge in [-0.1, -0.05) is 6.08 Å². The van der Waals surface area contributed by atoms with E-state index in [2.05, 4.69) is 16.8 Å². The molecular formula is C16H28IN3O3S. The highest BCUT2D eigenvalue weighted by molar-refractivity contribution is 14.0. The quantitative estimate of drug-likeness (QED) is 0.291. The lowest BCUT2D eigenvalue weighted by molar-refractivity contribution is 0.156. The van der Waals surface area contributed by atoms with Crippen LogP contribution in [0, 0.1) is 11.3 Å². The van der Waals surface area contributed by atoms with E-state index in [9.17, 15) is 8.42 Å². The Bertz CT molecular complexity index is 573. The molecule has 1 spiro atoms. The Labute approximate surface area is 162 Å². The van der Waals surface area contributed by atoms with Gasteiger partial charge in [0.25, 0.3) is 0 Å². The number of hydrogen-bond donors (Lipinski definition) is 1. The van der Waals surface area contributed by atoms with Crippen LogP contribution >= 0.6 is 24.0 Å². The number of guanidine groups is 1. The average Bonchev–Trinajstić information content (AvgIpc) is 3.22. The van der Waals surface area contributed by atoms with Crippen LogP contribution in [0.4, 0.5) is 0 Å². The van der Waals surface area contributed by atoms with Crippen molar-refractivity contribution in [2.24, 2.45) is 16.3 Å². The van der Waals surface area contributed by atoms with Crippen molar-refractivity contribution in [1.82, 2.24) is 10.2 Å². The Balaban J connectivity index is 0.00000208. The fourth-order valence-electron chi connectivity index (χ4n) is 3.75. The number of aliphatic imine (C=N–C) groups is 1. The third kappa shape index (κ3) is 4.85. The predicted molar refractivity (Wildman–Crippen MR) is 107 cm³/mol. The molecule has 3 fully saturated rings. The number of halogens is 1. The topological polar surface area (TPSA) is 71.0 Å². The molecule has 3 aliphatic rings. The van der Waals surface area contributed by atoms with E-state index in [-0.39, 0.29) is 41.1 Å². The summed E-state index contributed by atoms with van der Waals surface area (Å²) < 4.78 is 28.7. The summed E-state index contributed by atoms with van der Waals surface area (Å²) in [6, 6.07) is 0. The van der Waals surface area contributed by atoms with Crippen molar-refractivity contribution in [3.8, 4) is 0 Å². The Morgan fingerprint density at radius 3 is 2.92 bits per heavy atom. The molecule has 3 aliphatic heterocycles. The minimum Gasteiger partial charge on any atom is -0.381 e. The fraction of sp³-hybridized carbons (Fsp3) is 0.812. The molecular weight excluding hydrogens is 441 g/mol. The molecule has 0 saturated carbocycles. The molecule has 3 rings (SSSR count). The summed E-state index contributed by atoms with van der Waals surface area (Å²) in [5, 5.41) is 3.33. The van der Waals surface area contributed by atoms with Crippen molar-refractivity contribution in [3.63, 3.8) is 0 Å². The fourth-order valence-corrected chi connectivity index (χ4v) is 5.60. The van der Waals surface area contributed by atoms with E-state index < -0.39 is 9.84 Å². The lowest BCUT2D eigenvalue weighted by atomic mass is 9.87. The van der Waals surface area contributed by atoms with Gasteiger partial charge in [0.2, 0.25) is 0 Å². The van der Waals surface area contributed by atoms with Gasteiger partial charge in [0.15, 0.2) is 15.8 Å². The summed E-state index contributed by atoms with van der Waals surface area (Å²) in [5.74, 6) is 1.64. The highest BCUT2D eigenvalue weighted by Crippen LogP contribution is 2.38. The van der Waals surface area contributed by atoms with Gasteiger partial charge in [-0.2, -0.15) is 0 Å². The normalized spacial score (nSPS) is 32.1. The van der Waals surface area contributed by atoms with Crippen LogP contribution < -0.4 is 5.32 Å².